The number of rotatable bonds is 4. The second-order valence-electron chi connectivity index (χ2n) is 3.92. The fourth-order valence-electron chi connectivity index (χ4n) is 1.59. The van der Waals surface area contributed by atoms with Crippen LogP contribution in [0.5, 0.6) is 0 Å². The van der Waals surface area contributed by atoms with E-state index in [1.54, 1.807) is 18.4 Å². The third kappa shape index (κ3) is 3.22. The van der Waals surface area contributed by atoms with Crippen LogP contribution >= 0.6 is 11.6 Å². The Morgan fingerprint density at radius 3 is 2.88 bits per heavy atom. The Morgan fingerprint density at radius 2 is 2.18 bits per heavy atom. The number of furan rings is 1. The van der Waals surface area contributed by atoms with Gasteiger partial charge in [0.15, 0.2) is 0 Å². The average Bonchev–Trinajstić information content (AvgIpc) is 2.76. The Bertz CT molecular complexity index is 485. The number of hydrogen-bond acceptors (Lipinski definition) is 4. The first-order chi connectivity index (χ1) is 8.15. The summed E-state index contributed by atoms with van der Waals surface area (Å²) in [5.41, 5.74) is 6.41. The van der Waals surface area contributed by atoms with Crippen LogP contribution in [-0.4, -0.2) is 16.9 Å². The molecule has 2 N–H and O–H groups in total. The zero-order valence-corrected chi connectivity index (χ0v) is 10.3. The van der Waals surface area contributed by atoms with Crippen LogP contribution < -0.4 is 5.73 Å². The first-order valence-corrected chi connectivity index (χ1v) is 5.65. The molecule has 0 atom stereocenters. The lowest BCUT2D eigenvalue weighted by Crippen LogP contribution is -2.18. The lowest BCUT2D eigenvalue weighted by molar-refractivity contribution is 0.285. The van der Waals surface area contributed by atoms with E-state index in [2.05, 4.69) is 9.88 Å². The van der Waals surface area contributed by atoms with Gasteiger partial charge in [-0.05, 0) is 31.3 Å². The molecular weight excluding hydrogens is 238 g/mol. The van der Waals surface area contributed by atoms with Crippen LogP contribution in [0.3, 0.4) is 0 Å². The van der Waals surface area contributed by atoms with Gasteiger partial charge >= 0.3 is 0 Å². The van der Waals surface area contributed by atoms with Gasteiger partial charge in [-0.1, -0.05) is 11.6 Å². The van der Waals surface area contributed by atoms with Gasteiger partial charge in [0, 0.05) is 6.54 Å². The first-order valence-electron chi connectivity index (χ1n) is 5.27. The van der Waals surface area contributed by atoms with E-state index in [0.717, 1.165) is 11.5 Å². The molecule has 0 aliphatic rings. The highest BCUT2D eigenvalue weighted by Crippen LogP contribution is 2.17. The van der Waals surface area contributed by atoms with Gasteiger partial charge in [0.05, 0.1) is 23.5 Å². The maximum Gasteiger partial charge on any atom is 0.123 e. The normalized spacial score (nSPS) is 11.0. The number of nitrogens with zero attached hydrogens (tertiary/aromatic N) is 2. The van der Waals surface area contributed by atoms with Gasteiger partial charge < -0.3 is 10.2 Å². The molecule has 0 aliphatic heterocycles. The maximum absolute atomic E-state index is 6.05. The number of nitrogen functional groups attached to an aromatic ring is 1. The molecule has 0 fully saturated rings. The minimum absolute atomic E-state index is 0.482. The highest BCUT2D eigenvalue weighted by molar-refractivity contribution is 6.31. The predicted molar refractivity (Wildman–Crippen MR) is 67.5 cm³/mol. The predicted octanol–water partition coefficient (Wildman–Crippen LogP) is 2.54. The van der Waals surface area contributed by atoms with E-state index in [1.807, 2.05) is 19.2 Å². The Hall–Kier alpha value is -1.52. The van der Waals surface area contributed by atoms with Crippen LogP contribution in [0, 0.1) is 0 Å². The number of pyridine rings is 1. The topological polar surface area (TPSA) is 55.3 Å². The van der Waals surface area contributed by atoms with Crippen molar-refractivity contribution < 1.29 is 4.42 Å². The van der Waals surface area contributed by atoms with E-state index in [1.165, 1.54) is 0 Å². The van der Waals surface area contributed by atoms with Gasteiger partial charge in [-0.15, -0.1) is 0 Å². The van der Waals surface area contributed by atoms with Crippen molar-refractivity contribution in [2.75, 3.05) is 12.8 Å². The second kappa shape index (κ2) is 5.21. The molecule has 2 aromatic heterocycles. The number of hydrogen-bond donors (Lipinski definition) is 1. The number of anilines is 1. The molecule has 0 amide bonds. The van der Waals surface area contributed by atoms with E-state index >= 15 is 0 Å². The molecule has 0 bridgehead atoms. The molecule has 0 unspecified atom stereocenters. The molecule has 5 heteroatoms. The van der Waals surface area contributed by atoms with Crippen LogP contribution in [0.1, 0.15) is 11.5 Å². The maximum atomic E-state index is 6.05. The minimum atomic E-state index is 0.482. The van der Waals surface area contributed by atoms with Gasteiger partial charge in [0.25, 0.3) is 0 Å². The van der Waals surface area contributed by atoms with Crippen LogP contribution in [0.15, 0.2) is 34.9 Å². The van der Waals surface area contributed by atoms with E-state index in [4.69, 9.17) is 21.8 Å². The molecule has 2 rings (SSSR count). The van der Waals surface area contributed by atoms with Crippen molar-refractivity contribution in [2.45, 2.75) is 13.1 Å². The van der Waals surface area contributed by atoms with Crippen molar-refractivity contribution in [3.8, 4) is 0 Å². The van der Waals surface area contributed by atoms with Gasteiger partial charge in [-0.25, -0.2) is 4.98 Å². The van der Waals surface area contributed by atoms with Crippen LogP contribution in [-0.2, 0) is 13.1 Å². The van der Waals surface area contributed by atoms with Gasteiger partial charge in [-0.2, -0.15) is 0 Å². The number of halogens is 1. The highest BCUT2D eigenvalue weighted by atomic mass is 35.5. The molecule has 0 saturated carbocycles. The molecular formula is C12H14ClN3O. The van der Waals surface area contributed by atoms with Crippen molar-refractivity contribution in [3.63, 3.8) is 0 Å². The smallest absolute Gasteiger partial charge is 0.123 e. The zero-order valence-electron chi connectivity index (χ0n) is 9.56. The summed E-state index contributed by atoms with van der Waals surface area (Å²) in [5.74, 6) is 1.39. The summed E-state index contributed by atoms with van der Waals surface area (Å²) in [6, 6.07) is 7.26. The second-order valence-corrected chi connectivity index (χ2v) is 4.32. The molecule has 0 aliphatic carbocycles. The summed E-state index contributed by atoms with van der Waals surface area (Å²) in [6.45, 7) is 1.34. The third-order valence-electron chi connectivity index (χ3n) is 2.37. The number of aromatic nitrogens is 1. The highest BCUT2D eigenvalue weighted by Gasteiger charge is 2.08. The summed E-state index contributed by atoms with van der Waals surface area (Å²) in [4.78, 5) is 6.28. The van der Waals surface area contributed by atoms with Gasteiger partial charge in [-0.3, -0.25) is 4.90 Å². The SMILES string of the molecule is CN(Cc1ccco1)Cc1nc(N)ccc1Cl. The fourth-order valence-corrected chi connectivity index (χ4v) is 1.76. The molecule has 2 heterocycles. The summed E-state index contributed by atoms with van der Waals surface area (Å²) in [6.07, 6.45) is 1.66. The van der Waals surface area contributed by atoms with Gasteiger partial charge in [0.2, 0.25) is 0 Å². The Labute approximate surface area is 105 Å². The molecule has 0 aromatic carbocycles. The Kier molecular flexibility index (Phi) is 3.66. The molecule has 4 nitrogen and oxygen atoms in total. The molecule has 90 valence electrons. The lowest BCUT2D eigenvalue weighted by Gasteiger charge is -2.15. The van der Waals surface area contributed by atoms with Crippen molar-refractivity contribution in [1.82, 2.24) is 9.88 Å². The molecule has 2 aromatic rings. The minimum Gasteiger partial charge on any atom is -0.468 e. The summed E-state index contributed by atoms with van der Waals surface area (Å²) < 4.78 is 5.28. The van der Waals surface area contributed by atoms with Crippen molar-refractivity contribution in [1.29, 1.82) is 0 Å². The van der Waals surface area contributed by atoms with Gasteiger partial charge in [0.1, 0.15) is 11.6 Å². The fraction of sp³-hybridized carbons (Fsp3) is 0.250. The molecule has 0 radical (unpaired) electrons. The van der Waals surface area contributed by atoms with Crippen molar-refractivity contribution in [3.05, 3.63) is 47.0 Å². The Morgan fingerprint density at radius 1 is 1.35 bits per heavy atom. The zero-order chi connectivity index (χ0) is 12.3. The monoisotopic (exact) mass is 251 g/mol. The standard InChI is InChI=1S/C12H14ClN3O/c1-16(7-9-3-2-6-17-9)8-11-10(13)4-5-12(14)15-11/h2-6H,7-8H2,1H3,(H2,14,15). The molecule has 17 heavy (non-hydrogen) atoms. The van der Waals surface area contributed by atoms with E-state index < -0.39 is 0 Å². The average molecular weight is 252 g/mol. The summed E-state index contributed by atoms with van der Waals surface area (Å²) in [7, 11) is 1.98. The largest absolute Gasteiger partial charge is 0.468 e. The van der Waals surface area contributed by atoms with E-state index in [9.17, 15) is 0 Å². The van der Waals surface area contributed by atoms with Crippen LogP contribution in [0.4, 0.5) is 5.82 Å². The summed E-state index contributed by atoms with van der Waals surface area (Å²) in [5, 5.41) is 0.630. The molecule has 0 saturated heterocycles. The van der Waals surface area contributed by atoms with Crippen molar-refractivity contribution in [2.24, 2.45) is 0 Å². The Balaban J connectivity index is 2.02. The van der Waals surface area contributed by atoms with E-state index in [-0.39, 0.29) is 0 Å². The lowest BCUT2D eigenvalue weighted by atomic mass is 10.3. The molecule has 0 spiro atoms. The first kappa shape index (κ1) is 12.0. The van der Waals surface area contributed by atoms with E-state index in [0.29, 0.717) is 23.9 Å². The quantitative estimate of drug-likeness (QED) is 0.907. The number of nitrogens with two attached hydrogens (primary N) is 1. The third-order valence-corrected chi connectivity index (χ3v) is 2.71. The van der Waals surface area contributed by atoms with Crippen LogP contribution in [0.2, 0.25) is 5.02 Å². The summed E-state index contributed by atoms with van der Waals surface area (Å²) >= 11 is 6.05. The van der Waals surface area contributed by atoms with Crippen molar-refractivity contribution >= 4 is 17.4 Å². The van der Waals surface area contributed by atoms with Crippen LogP contribution in [0.25, 0.3) is 0 Å².